The lowest BCUT2D eigenvalue weighted by Gasteiger charge is -2.30. The normalized spacial score (nSPS) is 24.1. The lowest BCUT2D eigenvalue weighted by molar-refractivity contribution is 0.0537. The molecule has 2 atom stereocenters. The van der Waals surface area contributed by atoms with Crippen LogP contribution in [0.5, 0.6) is 0 Å². The van der Waals surface area contributed by atoms with Crippen LogP contribution in [0.4, 0.5) is 5.82 Å². The van der Waals surface area contributed by atoms with Gasteiger partial charge in [-0.1, -0.05) is 19.1 Å². The smallest absolute Gasteiger partial charge is 0.137 e. The van der Waals surface area contributed by atoms with Crippen LogP contribution in [0, 0.1) is 5.92 Å². The molecule has 1 saturated heterocycles. The molecule has 1 aliphatic heterocycles. The number of fused-ring (bicyclic) bond motifs is 1. The van der Waals surface area contributed by atoms with Gasteiger partial charge in [-0.25, -0.2) is 9.97 Å². The van der Waals surface area contributed by atoms with E-state index in [0.29, 0.717) is 12.0 Å². The summed E-state index contributed by atoms with van der Waals surface area (Å²) >= 11 is 0. The molecule has 0 saturated carbocycles. The standard InChI is InChI=1S/C14H17N3O/c1-10-8-18-7-6-12(10)17-14-11-4-2-3-5-13(11)15-9-16-14/h2-5,9-10,12H,6-8H2,1H3,(H,15,16,17). The molecule has 1 aliphatic rings. The van der Waals surface area contributed by atoms with Crippen molar-refractivity contribution >= 4 is 16.7 Å². The van der Waals surface area contributed by atoms with Crippen molar-refractivity contribution in [3.05, 3.63) is 30.6 Å². The first kappa shape index (κ1) is 11.4. The van der Waals surface area contributed by atoms with Crippen molar-refractivity contribution < 1.29 is 4.74 Å². The maximum atomic E-state index is 5.46. The highest BCUT2D eigenvalue weighted by Crippen LogP contribution is 2.23. The summed E-state index contributed by atoms with van der Waals surface area (Å²) in [5.41, 5.74) is 0.981. The van der Waals surface area contributed by atoms with E-state index in [-0.39, 0.29) is 0 Å². The van der Waals surface area contributed by atoms with E-state index in [9.17, 15) is 0 Å². The van der Waals surface area contributed by atoms with Gasteiger partial charge in [-0.15, -0.1) is 0 Å². The fraction of sp³-hybridized carbons (Fsp3) is 0.429. The van der Waals surface area contributed by atoms with Gasteiger partial charge in [0.25, 0.3) is 0 Å². The number of aromatic nitrogens is 2. The van der Waals surface area contributed by atoms with Crippen LogP contribution >= 0.6 is 0 Å². The second-order valence-corrected chi connectivity index (χ2v) is 4.83. The number of nitrogens with zero attached hydrogens (tertiary/aromatic N) is 2. The summed E-state index contributed by atoms with van der Waals surface area (Å²) in [5, 5.41) is 4.62. The molecule has 1 N–H and O–H groups in total. The van der Waals surface area contributed by atoms with Crippen LogP contribution in [0.2, 0.25) is 0 Å². The molecule has 1 fully saturated rings. The Bertz CT molecular complexity index is 538. The van der Waals surface area contributed by atoms with E-state index in [2.05, 4.69) is 28.3 Å². The first-order valence-electron chi connectivity index (χ1n) is 6.38. The highest BCUT2D eigenvalue weighted by molar-refractivity contribution is 5.88. The van der Waals surface area contributed by atoms with E-state index in [1.165, 1.54) is 0 Å². The molecule has 0 bridgehead atoms. The SMILES string of the molecule is CC1COCCC1Nc1ncnc2ccccc12. The number of ether oxygens (including phenoxy) is 1. The fourth-order valence-corrected chi connectivity index (χ4v) is 2.39. The van der Waals surface area contributed by atoms with Crippen molar-refractivity contribution in [1.29, 1.82) is 0 Å². The summed E-state index contributed by atoms with van der Waals surface area (Å²) < 4.78 is 5.46. The number of rotatable bonds is 2. The van der Waals surface area contributed by atoms with Crippen LogP contribution in [0.15, 0.2) is 30.6 Å². The van der Waals surface area contributed by atoms with Gasteiger partial charge in [0.05, 0.1) is 12.1 Å². The Morgan fingerprint density at radius 1 is 1.28 bits per heavy atom. The summed E-state index contributed by atoms with van der Waals surface area (Å²) in [5.74, 6) is 1.44. The molecule has 0 amide bonds. The summed E-state index contributed by atoms with van der Waals surface area (Å²) in [4.78, 5) is 8.65. The molecule has 1 aromatic heterocycles. The van der Waals surface area contributed by atoms with E-state index in [0.717, 1.165) is 36.4 Å². The van der Waals surface area contributed by atoms with E-state index >= 15 is 0 Å². The molecule has 4 heteroatoms. The van der Waals surface area contributed by atoms with E-state index in [1.807, 2.05) is 18.2 Å². The minimum absolute atomic E-state index is 0.428. The highest BCUT2D eigenvalue weighted by Gasteiger charge is 2.22. The van der Waals surface area contributed by atoms with Crippen molar-refractivity contribution in [2.75, 3.05) is 18.5 Å². The summed E-state index contributed by atoms with van der Waals surface area (Å²) in [7, 11) is 0. The van der Waals surface area contributed by atoms with Crippen molar-refractivity contribution in [2.24, 2.45) is 5.92 Å². The van der Waals surface area contributed by atoms with E-state index in [1.54, 1.807) is 6.33 Å². The second kappa shape index (κ2) is 4.90. The minimum atomic E-state index is 0.428. The molecule has 1 aromatic carbocycles. The maximum absolute atomic E-state index is 5.46. The molecule has 0 radical (unpaired) electrons. The van der Waals surface area contributed by atoms with Gasteiger partial charge >= 0.3 is 0 Å². The van der Waals surface area contributed by atoms with Gasteiger partial charge in [-0.05, 0) is 24.5 Å². The number of para-hydroxylation sites is 1. The first-order valence-corrected chi connectivity index (χ1v) is 6.38. The van der Waals surface area contributed by atoms with Crippen molar-refractivity contribution in [3.63, 3.8) is 0 Å². The van der Waals surface area contributed by atoms with Gasteiger partial charge in [-0.3, -0.25) is 0 Å². The zero-order valence-electron chi connectivity index (χ0n) is 10.5. The summed E-state index contributed by atoms with van der Waals surface area (Å²) in [6.07, 6.45) is 2.65. The van der Waals surface area contributed by atoms with E-state index < -0.39 is 0 Å². The van der Waals surface area contributed by atoms with Gasteiger partial charge in [0, 0.05) is 18.0 Å². The predicted molar refractivity (Wildman–Crippen MR) is 71.5 cm³/mol. The average molecular weight is 243 g/mol. The van der Waals surface area contributed by atoms with Gasteiger partial charge in [0.15, 0.2) is 0 Å². The van der Waals surface area contributed by atoms with E-state index in [4.69, 9.17) is 4.74 Å². The molecule has 2 unspecified atom stereocenters. The topological polar surface area (TPSA) is 47.0 Å². The molecule has 0 aliphatic carbocycles. The first-order chi connectivity index (χ1) is 8.84. The van der Waals surface area contributed by atoms with Gasteiger partial charge in [0.2, 0.25) is 0 Å². The van der Waals surface area contributed by atoms with Crippen LogP contribution < -0.4 is 5.32 Å². The predicted octanol–water partition coefficient (Wildman–Crippen LogP) is 2.47. The molecule has 94 valence electrons. The van der Waals surface area contributed by atoms with Gasteiger partial charge < -0.3 is 10.1 Å². The zero-order chi connectivity index (χ0) is 12.4. The van der Waals surface area contributed by atoms with Crippen LogP contribution in [0.25, 0.3) is 10.9 Å². The molecular weight excluding hydrogens is 226 g/mol. The molecule has 0 spiro atoms. The quantitative estimate of drug-likeness (QED) is 0.880. The van der Waals surface area contributed by atoms with Crippen LogP contribution in [0.1, 0.15) is 13.3 Å². The number of nitrogens with one attached hydrogen (secondary N) is 1. The van der Waals surface area contributed by atoms with Crippen molar-refractivity contribution in [1.82, 2.24) is 9.97 Å². The van der Waals surface area contributed by atoms with Crippen LogP contribution in [-0.2, 0) is 4.74 Å². The number of hydrogen-bond acceptors (Lipinski definition) is 4. The molecule has 2 aromatic rings. The zero-order valence-corrected chi connectivity index (χ0v) is 10.5. The Labute approximate surface area is 106 Å². The third-order valence-corrected chi connectivity index (χ3v) is 3.51. The van der Waals surface area contributed by atoms with Gasteiger partial charge in [0.1, 0.15) is 12.1 Å². The molecule has 3 rings (SSSR count). The number of benzene rings is 1. The Morgan fingerprint density at radius 2 is 2.17 bits per heavy atom. The average Bonchev–Trinajstić information content (AvgIpc) is 2.42. The van der Waals surface area contributed by atoms with Crippen molar-refractivity contribution in [2.45, 2.75) is 19.4 Å². The third kappa shape index (κ3) is 2.16. The highest BCUT2D eigenvalue weighted by atomic mass is 16.5. The lowest BCUT2D eigenvalue weighted by atomic mass is 9.98. The monoisotopic (exact) mass is 243 g/mol. The number of anilines is 1. The molecule has 4 nitrogen and oxygen atoms in total. The Hall–Kier alpha value is -1.68. The van der Waals surface area contributed by atoms with Crippen LogP contribution in [0.3, 0.4) is 0 Å². The second-order valence-electron chi connectivity index (χ2n) is 4.83. The minimum Gasteiger partial charge on any atom is -0.381 e. The molecule has 2 heterocycles. The lowest BCUT2D eigenvalue weighted by Crippen LogP contribution is -2.36. The molecule has 18 heavy (non-hydrogen) atoms. The number of hydrogen-bond donors (Lipinski definition) is 1. The Morgan fingerprint density at radius 3 is 3.06 bits per heavy atom. The van der Waals surface area contributed by atoms with Crippen molar-refractivity contribution in [3.8, 4) is 0 Å². The Kier molecular flexibility index (Phi) is 3.11. The maximum Gasteiger partial charge on any atom is 0.137 e. The molecular formula is C14H17N3O. The van der Waals surface area contributed by atoms with Crippen LogP contribution in [-0.4, -0.2) is 29.2 Å². The summed E-state index contributed by atoms with van der Waals surface area (Å²) in [6.45, 7) is 3.85. The fourth-order valence-electron chi connectivity index (χ4n) is 2.39. The Balaban J connectivity index is 1.90. The summed E-state index contributed by atoms with van der Waals surface area (Å²) in [6, 6.07) is 8.51. The third-order valence-electron chi connectivity index (χ3n) is 3.51. The van der Waals surface area contributed by atoms with Gasteiger partial charge in [-0.2, -0.15) is 0 Å². The largest absolute Gasteiger partial charge is 0.381 e.